The molecular weight excluding hydrogens is 228 g/mol. The van der Waals surface area contributed by atoms with Crippen molar-refractivity contribution in [2.24, 2.45) is 11.5 Å². The number of benzene rings is 1. The summed E-state index contributed by atoms with van der Waals surface area (Å²) in [5, 5.41) is 0. The first-order chi connectivity index (χ1) is 8.49. The van der Waals surface area contributed by atoms with Crippen molar-refractivity contribution in [2.45, 2.75) is 0 Å². The summed E-state index contributed by atoms with van der Waals surface area (Å²) in [5.41, 5.74) is 27.6. The molecule has 0 bridgehead atoms. The summed E-state index contributed by atoms with van der Waals surface area (Å²) in [7, 11) is 0. The van der Waals surface area contributed by atoms with E-state index in [-0.39, 0.29) is 11.5 Å². The molecule has 0 aromatic heterocycles. The predicted octanol–water partition coefficient (Wildman–Crippen LogP) is 0.343. The van der Waals surface area contributed by atoms with E-state index in [2.05, 4.69) is 0 Å². The van der Waals surface area contributed by atoms with Gasteiger partial charge in [-0.1, -0.05) is 0 Å². The lowest BCUT2D eigenvalue weighted by Crippen LogP contribution is -2.20. The van der Waals surface area contributed by atoms with Gasteiger partial charge in [-0.15, -0.1) is 0 Å². The Hall–Kier alpha value is -2.69. The Kier molecular flexibility index (Phi) is 1.84. The average molecular weight is 240 g/mol. The zero-order valence-corrected chi connectivity index (χ0v) is 9.53. The van der Waals surface area contributed by atoms with Crippen molar-refractivity contribution in [1.29, 1.82) is 0 Å². The van der Waals surface area contributed by atoms with Gasteiger partial charge < -0.3 is 22.9 Å². The molecule has 0 atom stereocenters. The van der Waals surface area contributed by atoms with Crippen LogP contribution in [-0.4, -0.2) is 5.78 Å². The number of Topliss-reactive ketones (excluding diaryl/α,β-unsaturated/α-hetero) is 1. The fourth-order valence-corrected chi connectivity index (χ4v) is 2.42. The Morgan fingerprint density at radius 3 is 2.39 bits per heavy atom. The molecule has 0 fully saturated rings. The summed E-state index contributed by atoms with van der Waals surface area (Å²) < 4.78 is 0. The molecular formula is C13H12N4O. The van der Waals surface area contributed by atoms with E-state index in [0.29, 0.717) is 28.2 Å². The minimum Gasteiger partial charge on any atom is -0.399 e. The third-order valence-electron chi connectivity index (χ3n) is 3.15. The molecule has 2 aliphatic rings. The van der Waals surface area contributed by atoms with Gasteiger partial charge in [0.25, 0.3) is 0 Å². The van der Waals surface area contributed by atoms with Crippen LogP contribution in [0.2, 0.25) is 0 Å². The second-order valence-electron chi connectivity index (χ2n) is 4.39. The highest BCUT2D eigenvalue weighted by atomic mass is 16.1. The maximum atomic E-state index is 12.0. The maximum Gasteiger partial charge on any atom is 0.209 e. The number of hydrogen-bond donors (Lipinski definition) is 4. The quantitative estimate of drug-likeness (QED) is 0.487. The fraction of sp³-hybridized carbons (Fsp3) is 0. The van der Waals surface area contributed by atoms with E-state index < -0.39 is 0 Å². The molecule has 0 spiro atoms. The summed E-state index contributed by atoms with van der Waals surface area (Å²) >= 11 is 0. The van der Waals surface area contributed by atoms with Crippen molar-refractivity contribution in [1.82, 2.24) is 0 Å². The van der Waals surface area contributed by atoms with Gasteiger partial charge in [-0.3, -0.25) is 4.79 Å². The number of fused-ring (bicyclic) bond motifs is 3. The van der Waals surface area contributed by atoms with Gasteiger partial charge >= 0.3 is 0 Å². The number of nitrogens with two attached hydrogens (primary N) is 4. The minimum atomic E-state index is -0.228. The lowest BCUT2D eigenvalue weighted by molar-refractivity contribution is -0.111. The molecule has 2 aliphatic carbocycles. The molecule has 0 radical (unpaired) electrons. The lowest BCUT2D eigenvalue weighted by atomic mass is 9.91. The maximum absolute atomic E-state index is 12.0. The topological polar surface area (TPSA) is 121 Å². The number of anilines is 2. The van der Waals surface area contributed by atoms with E-state index in [0.717, 1.165) is 11.1 Å². The molecule has 90 valence electrons. The molecule has 0 saturated heterocycles. The molecule has 5 nitrogen and oxygen atoms in total. The van der Waals surface area contributed by atoms with E-state index in [9.17, 15) is 4.79 Å². The molecule has 18 heavy (non-hydrogen) atoms. The molecule has 0 amide bonds. The minimum absolute atomic E-state index is 0.141. The lowest BCUT2D eigenvalue weighted by Gasteiger charge is -2.16. The number of nitrogen functional groups attached to an aromatic ring is 2. The van der Waals surface area contributed by atoms with Crippen molar-refractivity contribution in [3.8, 4) is 0 Å². The van der Waals surface area contributed by atoms with Crippen LogP contribution in [0.25, 0.3) is 11.6 Å². The monoisotopic (exact) mass is 240 g/mol. The Labute approximate surface area is 103 Å². The fourth-order valence-electron chi connectivity index (χ4n) is 2.42. The van der Waals surface area contributed by atoms with E-state index in [1.54, 1.807) is 18.2 Å². The van der Waals surface area contributed by atoms with Crippen LogP contribution in [-0.2, 0) is 4.79 Å². The Morgan fingerprint density at radius 1 is 0.944 bits per heavy atom. The number of allylic oxidation sites excluding steroid dienone is 3. The predicted molar refractivity (Wildman–Crippen MR) is 71.6 cm³/mol. The van der Waals surface area contributed by atoms with Crippen molar-refractivity contribution in [2.75, 3.05) is 11.5 Å². The zero-order valence-electron chi connectivity index (χ0n) is 9.53. The Balaban J connectivity index is 2.36. The zero-order chi connectivity index (χ0) is 13.0. The first-order valence-corrected chi connectivity index (χ1v) is 5.42. The summed E-state index contributed by atoms with van der Waals surface area (Å²) in [6.45, 7) is 0. The van der Waals surface area contributed by atoms with Crippen LogP contribution >= 0.6 is 0 Å². The van der Waals surface area contributed by atoms with E-state index in [1.807, 2.05) is 0 Å². The van der Waals surface area contributed by atoms with Gasteiger partial charge in [-0.25, -0.2) is 0 Å². The highest BCUT2D eigenvalue weighted by Crippen LogP contribution is 2.43. The largest absolute Gasteiger partial charge is 0.399 e. The van der Waals surface area contributed by atoms with Gasteiger partial charge in [0.1, 0.15) is 0 Å². The highest BCUT2D eigenvalue weighted by Gasteiger charge is 2.31. The van der Waals surface area contributed by atoms with Crippen LogP contribution < -0.4 is 22.9 Å². The SMILES string of the molecule is NC1=CC(N)=C2C(=Cc3cc(N)cc(N)c32)C1=O. The smallest absolute Gasteiger partial charge is 0.209 e. The van der Waals surface area contributed by atoms with E-state index in [1.165, 1.54) is 6.08 Å². The van der Waals surface area contributed by atoms with Crippen LogP contribution in [0.4, 0.5) is 11.4 Å². The van der Waals surface area contributed by atoms with Gasteiger partial charge in [0.15, 0.2) is 0 Å². The molecule has 8 N–H and O–H groups in total. The van der Waals surface area contributed by atoms with Crippen LogP contribution in [0.3, 0.4) is 0 Å². The molecule has 1 aromatic carbocycles. The molecule has 1 aromatic rings. The van der Waals surface area contributed by atoms with Gasteiger partial charge in [0.05, 0.1) is 5.70 Å². The Morgan fingerprint density at radius 2 is 1.67 bits per heavy atom. The molecule has 0 heterocycles. The third-order valence-corrected chi connectivity index (χ3v) is 3.15. The molecule has 5 heteroatoms. The van der Waals surface area contributed by atoms with Crippen molar-refractivity contribution in [3.05, 3.63) is 46.3 Å². The second kappa shape index (κ2) is 3.16. The van der Waals surface area contributed by atoms with Crippen LogP contribution in [0.5, 0.6) is 0 Å². The number of carbonyl (C=O) groups is 1. The molecule has 0 saturated carbocycles. The number of carbonyl (C=O) groups excluding carboxylic acids is 1. The van der Waals surface area contributed by atoms with Crippen molar-refractivity contribution >= 4 is 28.8 Å². The average Bonchev–Trinajstić information content (AvgIpc) is 2.65. The van der Waals surface area contributed by atoms with Crippen molar-refractivity contribution in [3.63, 3.8) is 0 Å². The normalized spacial score (nSPS) is 17.2. The summed E-state index contributed by atoms with van der Waals surface area (Å²) in [6.07, 6.45) is 3.20. The summed E-state index contributed by atoms with van der Waals surface area (Å²) in [5.74, 6) is -0.228. The van der Waals surface area contributed by atoms with Crippen LogP contribution in [0.1, 0.15) is 11.1 Å². The van der Waals surface area contributed by atoms with Crippen molar-refractivity contribution < 1.29 is 4.79 Å². The molecule has 3 rings (SSSR count). The van der Waals surface area contributed by atoms with Crippen LogP contribution in [0.15, 0.2) is 35.2 Å². The van der Waals surface area contributed by atoms with Gasteiger partial charge in [0.2, 0.25) is 5.78 Å². The molecule has 0 aliphatic heterocycles. The Bertz CT molecular complexity index is 695. The van der Waals surface area contributed by atoms with E-state index in [4.69, 9.17) is 22.9 Å². The molecule has 0 unspecified atom stereocenters. The van der Waals surface area contributed by atoms with Gasteiger partial charge in [-0.05, 0) is 29.8 Å². The standard InChI is InChI=1S/C13H12N4O/c14-6-1-5-2-7-12(11(5)8(15)3-6)9(16)4-10(17)13(7)18/h1-4H,14-17H2. The first kappa shape index (κ1) is 10.5. The van der Waals surface area contributed by atoms with Gasteiger partial charge in [0, 0.05) is 33.8 Å². The summed E-state index contributed by atoms with van der Waals surface area (Å²) in [4.78, 5) is 12.0. The number of rotatable bonds is 0. The van der Waals surface area contributed by atoms with E-state index >= 15 is 0 Å². The number of ketones is 1. The van der Waals surface area contributed by atoms with Crippen LogP contribution in [0, 0.1) is 0 Å². The third kappa shape index (κ3) is 1.18. The highest BCUT2D eigenvalue weighted by molar-refractivity contribution is 6.27. The second-order valence-corrected chi connectivity index (χ2v) is 4.39. The first-order valence-electron chi connectivity index (χ1n) is 5.42. The number of hydrogen-bond acceptors (Lipinski definition) is 5. The van der Waals surface area contributed by atoms with Gasteiger partial charge in [-0.2, -0.15) is 0 Å². The summed E-state index contributed by atoms with van der Waals surface area (Å²) in [6, 6.07) is 3.42.